The first-order valence-corrected chi connectivity index (χ1v) is 8.36. The molecule has 0 unspecified atom stereocenters. The lowest BCUT2D eigenvalue weighted by molar-refractivity contribution is 0.0913. The Labute approximate surface area is 133 Å². The van der Waals surface area contributed by atoms with Crippen molar-refractivity contribution in [1.82, 2.24) is 4.90 Å². The highest BCUT2D eigenvalue weighted by atomic mass is 16.3. The van der Waals surface area contributed by atoms with Gasteiger partial charge in [0.15, 0.2) is 0 Å². The Balaban J connectivity index is 1.59. The van der Waals surface area contributed by atoms with E-state index in [2.05, 4.69) is 53.4 Å². The predicted octanol–water partition coefficient (Wildman–Crippen LogP) is 3.74. The molecule has 1 N–H and O–H groups in total. The fourth-order valence-electron chi connectivity index (χ4n) is 3.33. The summed E-state index contributed by atoms with van der Waals surface area (Å²) >= 11 is 0. The molecule has 1 atom stereocenters. The Hall–Kier alpha value is -1.64. The highest BCUT2D eigenvalue weighted by molar-refractivity contribution is 5.63. The lowest BCUT2D eigenvalue weighted by Gasteiger charge is -2.34. The van der Waals surface area contributed by atoms with Gasteiger partial charge in [-0.25, -0.2) is 0 Å². The third-order valence-corrected chi connectivity index (χ3v) is 4.71. The summed E-state index contributed by atoms with van der Waals surface area (Å²) in [4.78, 5) is 2.45. The Morgan fingerprint density at radius 3 is 2.36 bits per heavy atom. The molecule has 2 nitrogen and oxygen atoms in total. The van der Waals surface area contributed by atoms with Gasteiger partial charge in [0.2, 0.25) is 0 Å². The zero-order valence-electron chi connectivity index (χ0n) is 13.1. The molecule has 22 heavy (non-hydrogen) atoms. The second kappa shape index (κ2) is 7.57. The molecule has 0 radical (unpaired) electrons. The number of nitrogens with zero attached hydrogens (tertiary/aromatic N) is 1. The maximum atomic E-state index is 9.48. The summed E-state index contributed by atoms with van der Waals surface area (Å²) in [6, 6.07) is 19.8. The van der Waals surface area contributed by atoms with Crippen molar-refractivity contribution >= 4 is 0 Å². The Morgan fingerprint density at radius 2 is 1.64 bits per heavy atom. The second-order valence-electron chi connectivity index (χ2n) is 6.18. The number of piperidine rings is 1. The van der Waals surface area contributed by atoms with Crippen LogP contribution in [-0.4, -0.2) is 35.7 Å². The van der Waals surface area contributed by atoms with Crippen molar-refractivity contribution in [3.63, 3.8) is 0 Å². The molecule has 2 aromatic carbocycles. The van der Waals surface area contributed by atoms with Crippen LogP contribution in [0.25, 0.3) is 11.1 Å². The lowest BCUT2D eigenvalue weighted by atomic mass is 10.0. The van der Waals surface area contributed by atoms with Gasteiger partial charge >= 0.3 is 0 Å². The SMILES string of the molecule is OC[C@@H]1CCCCN1CCc1ccc(-c2ccccc2)cc1. The standard InChI is InChI=1S/C20H25NO/c22-16-20-8-4-5-14-21(20)15-13-17-9-11-19(12-10-17)18-6-2-1-3-7-18/h1-3,6-7,9-12,20,22H,4-5,8,13-16H2/t20-/m0/s1. The van der Waals surface area contributed by atoms with Crippen LogP contribution in [0.3, 0.4) is 0 Å². The first-order chi connectivity index (χ1) is 10.9. The van der Waals surface area contributed by atoms with Crippen LogP contribution in [0.1, 0.15) is 24.8 Å². The molecule has 3 rings (SSSR count). The largest absolute Gasteiger partial charge is 0.395 e. The molecule has 0 saturated carbocycles. The van der Waals surface area contributed by atoms with Crippen molar-refractivity contribution < 1.29 is 5.11 Å². The topological polar surface area (TPSA) is 23.5 Å². The minimum atomic E-state index is 0.299. The molecule has 2 heteroatoms. The van der Waals surface area contributed by atoms with E-state index in [1.165, 1.54) is 29.5 Å². The number of rotatable bonds is 5. The number of likely N-dealkylation sites (tertiary alicyclic amines) is 1. The highest BCUT2D eigenvalue weighted by Gasteiger charge is 2.20. The molecule has 1 aliphatic heterocycles. The third kappa shape index (κ3) is 3.76. The van der Waals surface area contributed by atoms with E-state index in [1.807, 2.05) is 6.07 Å². The normalized spacial score (nSPS) is 19.2. The zero-order chi connectivity index (χ0) is 15.2. The lowest BCUT2D eigenvalue weighted by Crippen LogP contribution is -2.42. The molecule has 0 aliphatic carbocycles. The summed E-state index contributed by atoms with van der Waals surface area (Å²) in [5.74, 6) is 0. The van der Waals surface area contributed by atoms with E-state index in [4.69, 9.17) is 0 Å². The molecule has 1 heterocycles. The van der Waals surface area contributed by atoms with Crippen LogP contribution in [0.5, 0.6) is 0 Å². The summed E-state index contributed by atoms with van der Waals surface area (Å²) in [5.41, 5.74) is 3.92. The smallest absolute Gasteiger partial charge is 0.0586 e. The molecule has 0 amide bonds. The van der Waals surface area contributed by atoms with Crippen LogP contribution < -0.4 is 0 Å². The molecule has 0 aromatic heterocycles. The molecule has 1 saturated heterocycles. The minimum absolute atomic E-state index is 0.299. The van der Waals surface area contributed by atoms with Crippen LogP contribution in [0, 0.1) is 0 Å². The summed E-state index contributed by atoms with van der Waals surface area (Å²) < 4.78 is 0. The maximum Gasteiger partial charge on any atom is 0.0586 e. The van der Waals surface area contributed by atoms with Gasteiger partial charge in [0.05, 0.1) is 6.61 Å². The van der Waals surface area contributed by atoms with Gasteiger partial charge < -0.3 is 5.11 Å². The molecular formula is C20H25NO. The van der Waals surface area contributed by atoms with Crippen molar-refractivity contribution in [3.8, 4) is 11.1 Å². The van der Waals surface area contributed by atoms with Gasteiger partial charge in [-0.2, -0.15) is 0 Å². The number of benzene rings is 2. The zero-order valence-corrected chi connectivity index (χ0v) is 13.1. The van der Waals surface area contributed by atoms with E-state index in [0.717, 1.165) is 25.9 Å². The Morgan fingerprint density at radius 1 is 0.909 bits per heavy atom. The summed E-state index contributed by atoms with van der Waals surface area (Å²) in [7, 11) is 0. The molecule has 0 bridgehead atoms. The molecule has 1 fully saturated rings. The van der Waals surface area contributed by atoms with E-state index < -0.39 is 0 Å². The maximum absolute atomic E-state index is 9.48. The van der Waals surface area contributed by atoms with Gasteiger partial charge in [-0.05, 0) is 42.5 Å². The van der Waals surface area contributed by atoms with Crippen molar-refractivity contribution in [2.24, 2.45) is 0 Å². The van der Waals surface area contributed by atoms with Crippen LogP contribution in [0.2, 0.25) is 0 Å². The van der Waals surface area contributed by atoms with Gasteiger partial charge in [-0.15, -0.1) is 0 Å². The third-order valence-electron chi connectivity index (χ3n) is 4.71. The number of hydrogen-bond donors (Lipinski definition) is 1. The summed E-state index contributed by atoms with van der Waals surface area (Å²) in [6.45, 7) is 2.48. The van der Waals surface area contributed by atoms with Crippen LogP contribution in [-0.2, 0) is 6.42 Å². The number of aliphatic hydroxyl groups is 1. The predicted molar refractivity (Wildman–Crippen MR) is 91.9 cm³/mol. The Bertz CT molecular complexity index is 564. The van der Waals surface area contributed by atoms with Gasteiger partial charge in [0.25, 0.3) is 0 Å². The fraction of sp³-hybridized carbons (Fsp3) is 0.400. The van der Waals surface area contributed by atoms with Crippen LogP contribution >= 0.6 is 0 Å². The molecule has 116 valence electrons. The van der Waals surface area contributed by atoms with Crippen molar-refractivity contribution in [1.29, 1.82) is 0 Å². The molecule has 2 aromatic rings. The van der Waals surface area contributed by atoms with E-state index in [0.29, 0.717) is 12.6 Å². The minimum Gasteiger partial charge on any atom is -0.395 e. The van der Waals surface area contributed by atoms with Gasteiger partial charge in [0, 0.05) is 12.6 Å². The number of hydrogen-bond acceptors (Lipinski definition) is 2. The van der Waals surface area contributed by atoms with Gasteiger partial charge in [-0.3, -0.25) is 4.90 Å². The monoisotopic (exact) mass is 295 g/mol. The quantitative estimate of drug-likeness (QED) is 0.908. The molecule has 0 spiro atoms. The Kier molecular flexibility index (Phi) is 5.25. The van der Waals surface area contributed by atoms with Gasteiger partial charge in [-0.1, -0.05) is 61.0 Å². The van der Waals surface area contributed by atoms with Crippen molar-refractivity contribution in [3.05, 3.63) is 60.2 Å². The van der Waals surface area contributed by atoms with E-state index in [-0.39, 0.29) is 0 Å². The molecular weight excluding hydrogens is 270 g/mol. The average molecular weight is 295 g/mol. The first-order valence-electron chi connectivity index (χ1n) is 8.36. The van der Waals surface area contributed by atoms with E-state index in [9.17, 15) is 5.11 Å². The van der Waals surface area contributed by atoms with Crippen LogP contribution in [0.15, 0.2) is 54.6 Å². The highest BCUT2D eigenvalue weighted by Crippen LogP contribution is 2.20. The van der Waals surface area contributed by atoms with E-state index >= 15 is 0 Å². The molecule has 1 aliphatic rings. The van der Waals surface area contributed by atoms with Crippen molar-refractivity contribution in [2.45, 2.75) is 31.7 Å². The van der Waals surface area contributed by atoms with Crippen molar-refractivity contribution in [2.75, 3.05) is 19.7 Å². The second-order valence-corrected chi connectivity index (χ2v) is 6.18. The van der Waals surface area contributed by atoms with Crippen LogP contribution in [0.4, 0.5) is 0 Å². The first kappa shape index (κ1) is 15.3. The number of aliphatic hydroxyl groups excluding tert-OH is 1. The fourth-order valence-corrected chi connectivity index (χ4v) is 3.33. The van der Waals surface area contributed by atoms with E-state index in [1.54, 1.807) is 0 Å². The van der Waals surface area contributed by atoms with Gasteiger partial charge in [0.1, 0.15) is 0 Å². The summed E-state index contributed by atoms with van der Waals surface area (Å²) in [5, 5.41) is 9.48. The average Bonchev–Trinajstić information content (AvgIpc) is 2.61. The summed E-state index contributed by atoms with van der Waals surface area (Å²) in [6.07, 6.45) is 4.73.